The van der Waals surface area contributed by atoms with Gasteiger partial charge in [0.2, 0.25) is 0 Å². The van der Waals surface area contributed by atoms with E-state index >= 15 is 0 Å². The molecular weight excluding hydrogens is 396 g/mol. The zero-order chi connectivity index (χ0) is 22.7. The van der Waals surface area contributed by atoms with Crippen molar-refractivity contribution in [2.45, 2.75) is 43.8 Å². The van der Waals surface area contributed by atoms with Crippen molar-refractivity contribution in [2.75, 3.05) is 0 Å². The summed E-state index contributed by atoms with van der Waals surface area (Å²) in [4.78, 5) is 10.1. The molecule has 29 heavy (non-hydrogen) atoms. The molecule has 0 saturated carbocycles. The first-order chi connectivity index (χ1) is 13.1. The molecule has 0 aliphatic rings. The van der Waals surface area contributed by atoms with Gasteiger partial charge in [0.15, 0.2) is 0 Å². The number of rotatable bonds is 2. The SMILES string of the molecule is CC(C)(O)C#CC(C)(C)O.O=C(O)c1ccccc1.O=S(=O)(O)c1ccccc1. The van der Waals surface area contributed by atoms with Crippen molar-refractivity contribution in [1.29, 1.82) is 0 Å². The number of carboxylic acids is 1. The number of hydrogen-bond donors (Lipinski definition) is 4. The predicted octanol–water partition coefficient (Wildman–Crippen LogP) is 2.85. The highest BCUT2D eigenvalue weighted by atomic mass is 32.2. The number of aliphatic hydroxyl groups is 2. The summed E-state index contributed by atoms with van der Waals surface area (Å²) in [7, 11) is -4.00. The Bertz CT molecular complexity index is 894. The van der Waals surface area contributed by atoms with E-state index in [9.17, 15) is 13.2 Å². The highest BCUT2D eigenvalue weighted by molar-refractivity contribution is 7.85. The molecule has 0 heterocycles. The maximum atomic E-state index is 10.4. The first-order valence-electron chi connectivity index (χ1n) is 8.42. The van der Waals surface area contributed by atoms with Crippen LogP contribution in [0, 0.1) is 11.8 Å². The molecule has 0 saturated heterocycles. The number of carboxylic acid groups (broad SMARTS) is 1. The fourth-order valence-corrected chi connectivity index (χ4v) is 1.98. The van der Waals surface area contributed by atoms with Crippen LogP contribution in [0.5, 0.6) is 0 Å². The van der Waals surface area contributed by atoms with Crippen LogP contribution in [0.4, 0.5) is 0 Å². The van der Waals surface area contributed by atoms with Gasteiger partial charge in [-0.2, -0.15) is 8.42 Å². The summed E-state index contributed by atoms with van der Waals surface area (Å²) in [6.07, 6.45) is 0. The van der Waals surface area contributed by atoms with Crippen molar-refractivity contribution >= 4 is 16.1 Å². The minimum atomic E-state index is -4.00. The summed E-state index contributed by atoms with van der Waals surface area (Å²) in [6.45, 7) is 6.30. The Balaban J connectivity index is 0.000000406. The molecule has 0 bridgehead atoms. The molecule has 8 heteroatoms. The van der Waals surface area contributed by atoms with Gasteiger partial charge in [0.05, 0.1) is 10.5 Å². The van der Waals surface area contributed by atoms with Gasteiger partial charge < -0.3 is 15.3 Å². The van der Waals surface area contributed by atoms with Gasteiger partial charge in [-0.1, -0.05) is 48.2 Å². The second-order valence-corrected chi connectivity index (χ2v) is 8.25. The summed E-state index contributed by atoms with van der Waals surface area (Å²) in [5, 5.41) is 26.6. The van der Waals surface area contributed by atoms with Crippen molar-refractivity contribution in [3.05, 3.63) is 66.2 Å². The Morgan fingerprint density at radius 2 is 1.14 bits per heavy atom. The predicted molar refractivity (Wildman–Crippen MR) is 110 cm³/mol. The summed E-state index contributed by atoms with van der Waals surface area (Å²) in [6, 6.07) is 15.7. The maximum Gasteiger partial charge on any atom is 0.335 e. The maximum absolute atomic E-state index is 10.4. The molecule has 2 rings (SSSR count). The Morgan fingerprint density at radius 1 is 0.793 bits per heavy atom. The molecule has 0 radical (unpaired) electrons. The van der Waals surface area contributed by atoms with Crippen molar-refractivity contribution < 1.29 is 33.1 Å². The number of aromatic carboxylic acids is 1. The van der Waals surface area contributed by atoms with Crippen LogP contribution in [0.25, 0.3) is 0 Å². The topological polar surface area (TPSA) is 132 Å². The van der Waals surface area contributed by atoms with E-state index < -0.39 is 27.3 Å². The van der Waals surface area contributed by atoms with Gasteiger partial charge in [-0.15, -0.1) is 0 Å². The first kappa shape index (κ1) is 26.3. The largest absolute Gasteiger partial charge is 0.478 e. The van der Waals surface area contributed by atoms with Crippen LogP contribution >= 0.6 is 0 Å². The Hall–Kier alpha value is -2.70. The molecule has 0 atom stereocenters. The molecule has 0 amide bonds. The quantitative estimate of drug-likeness (QED) is 0.432. The van der Waals surface area contributed by atoms with E-state index in [0.29, 0.717) is 5.56 Å². The third-order valence-electron chi connectivity index (χ3n) is 2.74. The lowest BCUT2D eigenvalue weighted by atomic mass is 10.1. The minimum absolute atomic E-state index is 0.0741. The van der Waals surface area contributed by atoms with Crippen LogP contribution in [-0.4, -0.2) is 45.5 Å². The monoisotopic (exact) mass is 422 g/mol. The Morgan fingerprint density at radius 3 is 1.34 bits per heavy atom. The molecule has 0 aliphatic heterocycles. The average Bonchev–Trinajstić information content (AvgIpc) is 2.61. The fourth-order valence-electron chi connectivity index (χ4n) is 1.48. The summed E-state index contributed by atoms with van der Waals surface area (Å²) >= 11 is 0. The van der Waals surface area contributed by atoms with Crippen LogP contribution in [0.1, 0.15) is 38.1 Å². The van der Waals surface area contributed by atoms with E-state index in [1.165, 1.54) is 12.1 Å². The standard InChI is InChI=1S/C8H14O2.C7H6O2.C6H6O3S/c1-7(2,9)5-6-8(3,4)10;8-7(9)6-4-2-1-3-5-6;7-10(8,9)6-4-2-1-3-5-6/h9-10H,1-4H3;1-5H,(H,8,9);1-5H,(H,7,8,9). The lowest BCUT2D eigenvalue weighted by molar-refractivity contribution is 0.0696. The molecule has 0 unspecified atom stereocenters. The van der Waals surface area contributed by atoms with Gasteiger partial charge in [0.25, 0.3) is 10.1 Å². The average molecular weight is 422 g/mol. The van der Waals surface area contributed by atoms with Crippen LogP contribution in [0.15, 0.2) is 65.6 Å². The molecule has 0 aliphatic carbocycles. The first-order valence-corrected chi connectivity index (χ1v) is 9.86. The molecule has 0 spiro atoms. The van der Waals surface area contributed by atoms with Gasteiger partial charge in [-0.05, 0) is 52.0 Å². The van der Waals surface area contributed by atoms with Gasteiger partial charge in [-0.25, -0.2) is 4.79 Å². The third-order valence-corrected chi connectivity index (χ3v) is 3.60. The van der Waals surface area contributed by atoms with Crippen molar-refractivity contribution in [1.82, 2.24) is 0 Å². The molecule has 2 aromatic carbocycles. The van der Waals surface area contributed by atoms with Gasteiger partial charge in [0, 0.05) is 0 Å². The minimum Gasteiger partial charge on any atom is -0.478 e. The highest BCUT2D eigenvalue weighted by Crippen LogP contribution is 2.05. The summed E-state index contributed by atoms with van der Waals surface area (Å²) < 4.78 is 29.2. The van der Waals surface area contributed by atoms with Crippen molar-refractivity contribution in [3.8, 4) is 11.8 Å². The van der Waals surface area contributed by atoms with Crippen LogP contribution < -0.4 is 0 Å². The summed E-state index contributed by atoms with van der Waals surface area (Å²) in [5.41, 5.74) is -1.70. The van der Waals surface area contributed by atoms with Crippen molar-refractivity contribution in [3.63, 3.8) is 0 Å². The van der Waals surface area contributed by atoms with Crippen molar-refractivity contribution in [2.24, 2.45) is 0 Å². The number of hydrogen-bond acceptors (Lipinski definition) is 5. The number of carbonyl (C=O) groups is 1. The van der Waals surface area contributed by atoms with E-state index in [-0.39, 0.29) is 4.90 Å². The zero-order valence-electron chi connectivity index (χ0n) is 16.7. The third kappa shape index (κ3) is 15.0. The molecule has 158 valence electrons. The van der Waals surface area contributed by atoms with Crippen LogP contribution in [-0.2, 0) is 10.1 Å². The van der Waals surface area contributed by atoms with E-state index in [1.54, 1.807) is 76.2 Å². The molecule has 7 nitrogen and oxygen atoms in total. The molecule has 4 N–H and O–H groups in total. The zero-order valence-corrected chi connectivity index (χ0v) is 17.5. The van der Waals surface area contributed by atoms with Crippen LogP contribution in [0.2, 0.25) is 0 Å². The fraction of sp³-hybridized carbons (Fsp3) is 0.286. The second kappa shape index (κ2) is 11.3. The lowest BCUT2D eigenvalue weighted by Gasteiger charge is -2.10. The smallest absolute Gasteiger partial charge is 0.335 e. The molecule has 0 fully saturated rings. The summed E-state index contributed by atoms with van der Waals surface area (Å²) in [5.74, 6) is 4.16. The van der Waals surface area contributed by atoms with Gasteiger partial charge in [0.1, 0.15) is 11.2 Å². The lowest BCUT2D eigenvalue weighted by Crippen LogP contribution is -2.20. The highest BCUT2D eigenvalue weighted by Gasteiger charge is 2.10. The van der Waals surface area contributed by atoms with Crippen LogP contribution in [0.3, 0.4) is 0 Å². The van der Waals surface area contributed by atoms with E-state index in [4.69, 9.17) is 19.9 Å². The normalized spacial score (nSPS) is 10.9. The van der Waals surface area contributed by atoms with Gasteiger partial charge in [-0.3, -0.25) is 4.55 Å². The van der Waals surface area contributed by atoms with E-state index in [2.05, 4.69) is 11.8 Å². The molecule has 0 aromatic heterocycles. The Labute approximate surface area is 171 Å². The second-order valence-electron chi connectivity index (χ2n) is 6.83. The van der Waals surface area contributed by atoms with E-state index in [0.717, 1.165) is 0 Å². The Kier molecular flexibility index (Phi) is 10.3. The van der Waals surface area contributed by atoms with Gasteiger partial charge >= 0.3 is 5.97 Å². The molecular formula is C21H26O7S. The number of benzene rings is 2. The molecule has 2 aromatic rings. The van der Waals surface area contributed by atoms with E-state index in [1.807, 2.05) is 0 Å².